The summed E-state index contributed by atoms with van der Waals surface area (Å²) in [6.45, 7) is 1.31. The van der Waals surface area contributed by atoms with E-state index >= 15 is 0 Å². The number of hydrogen-bond acceptors (Lipinski definition) is 3. The zero-order chi connectivity index (χ0) is 18.1. The molecule has 0 aliphatic carbocycles. The van der Waals surface area contributed by atoms with E-state index in [0.29, 0.717) is 24.5 Å². The average Bonchev–Trinajstić information content (AvgIpc) is 3.11. The van der Waals surface area contributed by atoms with Crippen molar-refractivity contribution in [2.75, 3.05) is 20.2 Å². The van der Waals surface area contributed by atoms with E-state index in [1.807, 2.05) is 29.2 Å². The van der Waals surface area contributed by atoms with Gasteiger partial charge in [0.1, 0.15) is 11.5 Å². The number of amides is 1. The number of carbonyl (C=O) groups excluding carboxylic acids is 1. The highest BCUT2D eigenvalue weighted by Gasteiger charge is 2.33. The number of methoxy groups -OCH3 is 1. The first-order valence-corrected chi connectivity index (χ1v) is 9.09. The van der Waals surface area contributed by atoms with E-state index in [9.17, 15) is 4.79 Å². The molecule has 0 spiro atoms. The molecule has 5 heteroatoms. The van der Waals surface area contributed by atoms with Crippen LogP contribution >= 0.6 is 11.6 Å². The van der Waals surface area contributed by atoms with Crippen LogP contribution in [0.25, 0.3) is 5.57 Å². The minimum Gasteiger partial charge on any atom is -0.497 e. The highest BCUT2D eigenvalue weighted by molar-refractivity contribution is 6.30. The Morgan fingerprint density at radius 3 is 2.73 bits per heavy atom. The molecule has 0 fully saturated rings. The second kappa shape index (κ2) is 7.04. The maximum atomic E-state index is 12.8. The summed E-state index contributed by atoms with van der Waals surface area (Å²) in [6, 6.07) is 13.5. The van der Waals surface area contributed by atoms with Crippen LogP contribution in [-0.4, -0.2) is 37.1 Å². The van der Waals surface area contributed by atoms with Crippen molar-refractivity contribution < 1.29 is 14.3 Å². The lowest BCUT2D eigenvalue weighted by molar-refractivity contribution is -0.137. The molecule has 1 amide bonds. The van der Waals surface area contributed by atoms with E-state index in [2.05, 4.69) is 18.2 Å². The van der Waals surface area contributed by atoms with E-state index in [1.54, 1.807) is 13.2 Å². The molecule has 1 atom stereocenters. The van der Waals surface area contributed by atoms with Gasteiger partial charge >= 0.3 is 0 Å². The van der Waals surface area contributed by atoms with Crippen molar-refractivity contribution in [1.29, 1.82) is 0 Å². The molecule has 2 heterocycles. The van der Waals surface area contributed by atoms with Crippen LogP contribution in [0.15, 0.2) is 48.5 Å². The second-order valence-electron chi connectivity index (χ2n) is 6.55. The van der Waals surface area contributed by atoms with Gasteiger partial charge in [-0.2, -0.15) is 0 Å². The monoisotopic (exact) mass is 369 g/mol. The molecular weight excluding hydrogens is 350 g/mol. The highest BCUT2D eigenvalue weighted by atomic mass is 35.5. The van der Waals surface area contributed by atoms with Gasteiger partial charge in [0.2, 0.25) is 0 Å². The molecule has 2 aromatic rings. The number of hydrogen-bond donors (Lipinski definition) is 0. The molecule has 4 rings (SSSR count). The first kappa shape index (κ1) is 17.0. The number of benzene rings is 2. The summed E-state index contributed by atoms with van der Waals surface area (Å²) in [5.74, 6) is 1.65. The van der Waals surface area contributed by atoms with Gasteiger partial charge < -0.3 is 14.4 Å². The molecular formula is C21H20ClNO3. The molecule has 0 saturated carbocycles. The third kappa shape index (κ3) is 3.29. The largest absolute Gasteiger partial charge is 0.497 e. The fourth-order valence-corrected chi connectivity index (χ4v) is 3.69. The molecule has 134 valence electrons. The van der Waals surface area contributed by atoms with Gasteiger partial charge in [-0.25, -0.2) is 0 Å². The Bertz CT molecular complexity index is 860. The lowest BCUT2D eigenvalue weighted by atomic mass is 9.99. The van der Waals surface area contributed by atoms with E-state index in [4.69, 9.17) is 21.1 Å². The van der Waals surface area contributed by atoms with Gasteiger partial charge in [-0.15, -0.1) is 0 Å². The standard InChI is InChI=1S/C21H20ClNO3/c1-25-18-5-2-14(3-6-18)15-8-10-23(11-9-15)21(24)20-13-16-12-17(22)4-7-19(16)26-20/h2-8,12,20H,9-11,13H2,1H3. The van der Waals surface area contributed by atoms with Crippen molar-refractivity contribution in [3.8, 4) is 11.5 Å². The van der Waals surface area contributed by atoms with Gasteiger partial charge in [0.25, 0.3) is 5.91 Å². The number of carbonyl (C=O) groups is 1. The van der Waals surface area contributed by atoms with Gasteiger partial charge in [0.15, 0.2) is 6.10 Å². The topological polar surface area (TPSA) is 38.8 Å². The third-order valence-corrected chi connectivity index (χ3v) is 5.19. The van der Waals surface area contributed by atoms with Crippen LogP contribution in [0.3, 0.4) is 0 Å². The SMILES string of the molecule is COc1ccc(C2=CCN(C(=O)C3Cc4cc(Cl)ccc4O3)CC2)cc1. The zero-order valence-corrected chi connectivity index (χ0v) is 15.3. The van der Waals surface area contributed by atoms with Gasteiger partial charge in [-0.3, -0.25) is 4.79 Å². The highest BCUT2D eigenvalue weighted by Crippen LogP contribution is 2.32. The predicted octanol–water partition coefficient (Wildman–Crippen LogP) is 3.97. The lowest BCUT2D eigenvalue weighted by Crippen LogP contribution is -2.43. The Morgan fingerprint density at radius 2 is 2.04 bits per heavy atom. The van der Waals surface area contributed by atoms with Crippen LogP contribution in [0.2, 0.25) is 5.02 Å². The fourth-order valence-electron chi connectivity index (χ4n) is 3.50. The smallest absolute Gasteiger partial charge is 0.264 e. The van der Waals surface area contributed by atoms with Crippen molar-refractivity contribution >= 4 is 23.1 Å². The van der Waals surface area contributed by atoms with Gasteiger partial charge in [0.05, 0.1) is 7.11 Å². The molecule has 2 aromatic carbocycles. The van der Waals surface area contributed by atoms with Gasteiger partial charge in [-0.1, -0.05) is 29.8 Å². The van der Waals surface area contributed by atoms with E-state index in [0.717, 1.165) is 23.5 Å². The quantitative estimate of drug-likeness (QED) is 0.821. The Labute approximate surface area is 158 Å². The lowest BCUT2D eigenvalue weighted by Gasteiger charge is -2.28. The summed E-state index contributed by atoms with van der Waals surface area (Å²) in [7, 11) is 1.66. The summed E-state index contributed by atoms with van der Waals surface area (Å²) in [5.41, 5.74) is 3.44. The number of rotatable bonds is 3. The Hall–Kier alpha value is -2.46. The van der Waals surface area contributed by atoms with Gasteiger partial charge in [0, 0.05) is 24.5 Å². The number of nitrogens with zero attached hydrogens (tertiary/aromatic N) is 1. The number of fused-ring (bicyclic) bond motifs is 1. The van der Waals surface area contributed by atoms with E-state index in [1.165, 1.54) is 11.1 Å². The minimum atomic E-state index is -0.445. The summed E-state index contributed by atoms with van der Waals surface area (Å²) in [4.78, 5) is 14.7. The Kier molecular flexibility index (Phi) is 4.60. The van der Waals surface area contributed by atoms with Crippen LogP contribution in [0.4, 0.5) is 0 Å². The zero-order valence-electron chi connectivity index (χ0n) is 14.6. The first-order chi connectivity index (χ1) is 12.6. The second-order valence-corrected chi connectivity index (χ2v) is 6.99. The summed E-state index contributed by atoms with van der Waals surface area (Å²) in [6.07, 6.45) is 3.10. The molecule has 0 saturated heterocycles. The van der Waals surface area contributed by atoms with Crippen molar-refractivity contribution in [3.05, 3.63) is 64.7 Å². The van der Waals surface area contributed by atoms with Crippen LogP contribution in [-0.2, 0) is 11.2 Å². The Morgan fingerprint density at radius 1 is 1.23 bits per heavy atom. The average molecular weight is 370 g/mol. The Balaban J connectivity index is 1.41. The molecule has 2 aliphatic heterocycles. The maximum absolute atomic E-state index is 12.8. The fraction of sp³-hybridized carbons (Fsp3) is 0.286. The first-order valence-electron chi connectivity index (χ1n) is 8.71. The maximum Gasteiger partial charge on any atom is 0.264 e. The van der Waals surface area contributed by atoms with E-state index < -0.39 is 6.10 Å². The van der Waals surface area contributed by atoms with Crippen molar-refractivity contribution in [2.45, 2.75) is 18.9 Å². The third-order valence-electron chi connectivity index (χ3n) is 4.95. The van der Waals surface area contributed by atoms with Crippen molar-refractivity contribution in [2.24, 2.45) is 0 Å². The number of ether oxygens (including phenoxy) is 2. The van der Waals surface area contributed by atoms with Crippen LogP contribution < -0.4 is 9.47 Å². The van der Waals surface area contributed by atoms with Crippen molar-refractivity contribution in [3.63, 3.8) is 0 Å². The molecule has 1 unspecified atom stereocenters. The molecule has 0 bridgehead atoms. The predicted molar refractivity (Wildman–Crippen MR) is 102 cm³/mol. The minimum absolute atomic E-state index is 0.0438. The van der Waals surface area contributed by atoms with Crippen LogP contribution in [0, 0.1) is 0 Å². The van der Waals surface area contributed by atoms with Crippen molar-refractivity contribution in [1.82, 2.24) is 4.90 Å². The summed E-state index contributed by atoms with van der Waals surface area (Å²) in [5, 5.41) is 0.672. The summed E-state index contributed by atoms with van der Waals surface area (Å²) < 4.78 is 11.0. The molecule has 4 nitrogen and oxygen atoms in total. The van der Waals surface area contributed by atoms with Crippen LogP contribution in [0.5, 0.6) is 11.5 Å². The normalized spacial score (nSPS) is 18.8. The van der Waals surface area contributed by atoms with Crippen LogP contribution in [0.1, 0.15) is 17.5 Å². The molecule has 2 aliphatic rings. The molecule has 0 N–H and O–H groups in total. The van der Waals surface area contributed by atoms with E-state index in [-0.39, 0.29) is 5.91 Å². The number of halogens is 1. The molecule has 0 aromatic heterocycles. The molecule has 26 heavy (non-hydrogen) atoms. The molecule has 0 radical (unpaired) electrons. The summed E-state index contributed by atoms with van der Waals surface area (Å²) >= 11 is 6.03. The van der Waals surface area contributed by atoms with Gasteiger partial charge in [-0.05, 0) is 53.5 Å².